The fraction of sp³-hybridized carbons (Fsp3) is 0.769. The third-order valence-electron chi connectivity index (χ3n) is 4.43. The van der Waals surface area contributed by atoms with Crippen molar-refractivity contribution >= 4 is 12.7 Å². The Kier molecular flexibility index (Phi) is 2.61. The number of aryl methyl sites for hydroxylation is 2. The first-order chi connectivity index (χ1) is 8.39. The number of hydrogen-bond acceptors (Lipinski definition) is 3. The molecule has 0 bridgehead atoms. The summed E-state index contributed by atoms with van der Waals surface area (Å²) in [7, 11) is -0.326. The average molecular weight is 248 g/mol. The first kappa shape index (κ1) is 12.2. The molecule has 98 valence electrons. The van der Waals surface area contributed by atoms with Crippen LogP contribution in [0.2, 0.25) is 0 Å². The first-order valence-corrected chi connectivity index (χ1v) is 6.81. The van der Waals surface area contributed by atoms with Gasteiger partial charge in [0.05, 0.1) is 16.8 Å². The molecule has 0 N–H and O–H groups in total. The van der Waals surface area contributed by atoms with Crippen molar-refractivity contribution in [1.82, 2.24) is 9.78 Å². The lowest BCUT2D eigenvalue weighted by Gasteiger charge is -2.32. The Balaban J connectivity index is 1.87. The zero-order chi connectivity index (χ0) is 13.0. The van der Waals surface area contributed by atoms with Crippen molar-refractivity contribution < 1.29 is 9.31 Å². The van der Waals surface area contributed by atoms with Crippen LogP contribution in [0.1, 0.15) is 46.2 Å². The summed E-state index contributed by atoms with van der Waals surface area (Å²) in [6.07, 6.45) is 3.60. The van der Waals surface area contributed by atoms with Crippen molar-refractivity contribution in [3.8, 4) is 0 Å². The molecule has 3 heterocycles. The van der Waals surface area contributed by atoms with Gasteiger partial charge >= 0.3 is 7.12 Å². The summed E-state index contributed by atoms with van der Waals surface area (Å²) in [5.74, 6) is 0. The molecule has 0 atom stereocenters. The van der Waals surface area contributed by atoms with Crippen LogP contribution < -0.4 is 5.59 Å². The Labute approximate surface area is 109 Å². The van der Waals surface area contributed by atoms with Gasteiger partial charge in [-0.2, -0.15) is 5.10 Å². The zero-order valence-electron chi connectivity index (χ0n) is 11.7. The van der Waals surface area contributed by atoms with E-state index in [-0.39, 0.29) is 18.3 Å². The van der Waals surface area contributed by atoms with Crippen molar-refractivity contribution in [3.05, 3.63) is 11.8 Å². The fourth-order valence-corrected chi connectivity index (χ4v) is 2.52. The van der Waals surface area contributed by atoms with Gasteiger partial charge < -0.3 is 9.31 Å². The van der Waals surface area contributed by atoms with Crippen molar-refractivity contribution in [2.24, 2.45) is 0 Å². The molecule has 0 unspecified atom stereocenters. The molecule has 5 heteroatoms. The second-order valence-corrected chi connectivity index (χ2v) is 6.33. The lowest BCUT2D eigenvalue weighted by Crippen LogP contribution is -2.41. The van der Waals surface area contributed by atoms with Gasteiger partial charge in [-0.25, -0.2) is 0 Å². The Bertz CT molecular complexity index is 428. The Morgan fingerprint density at radius 1 is 1.17 bits per heavy atom. The van der Waals surface area contributed by atoms with Crippen LogP contribution in [0.5, 0.6) is 0 Å². The summed E-state index contributed by atoms with van der Waals surface area (Å²) in [5.41, 5.74) is 1.65. The van der Waals surface area contributed by atoms with Crippen molar-refractivity contribution in [3.63, 3.8) is 0 Å². The largest absolute Gasteiger partial charge is 0.516 e. The highest BCUT2D eigenvalue weighted by Gasteiger charge is 2.52. The van der Waals surface area contributed by atoms with Crippen LogP contribution >= 0.6 is 0 Å². The SMILES string of the molecule is CC1(C)OB(c2cc3n(n2)CCCC3)OC1(C)C. The van der Waals surface area contributed by atoms with Gasteiger partial charge in [-0.05, 0) is 53.0 Å². The van der Waals surface area contributed by atoms with E-state index in [9.17, 15) is 0 Å². The number of fused-ring (bicyclic) bond motifs is 1. The molecule has 4 nitrogen and oxygen atoms in total. The molecule has 3 rings (SSSR count). The summed E-state index contributed by atoms with van der Waals surface area (Å²) in [4.78, 5) is 0. The summed E-state index contributed by atoms with van der Waals surface area (Å²) in [6, 6.07) is 2.14. The highest BCUT2D eigenvalue weighted by Crippen LogP contribution is 2.36. The minimum absolute atomic E-state index is 0.290. The molecule has 1 aromatic rings. The zero-order valence-corrected chi connectivity index (χ0v) is 11.7. The molecular weight excluding hydrogens is 227 g/mol. The average Bonchev–Trinajstić information content (AvgIpc) is 2.78. The van der Waals surface area contributed by atoms with Gasteiger partial charge in [0, 0.05) is 12.2 Å². The molecule has 0 spiro atoms. The molecule has 2 aliphatic heterocycles. The van der Waals surface area contributed by atoms with Crippen LogP contribution in [0.3, 0.4) is 0 Å². The smallest absolute Gasteiger partial charge is 0.398 e. The lowest BCUT2D eigenvalue weighted by molar-refractivity contribution is 0.00578. The van der Waals surface area contributed by atoms with Crippen LogP contribution in [0.4, 0.5) is 0 Å². The molecule has 18 heavy (non-hydrogen) atoms. The summed E-state index contributed by atoms with van der Waals surface area (Å²) in [6.45, 7) is 9.31. The molecule has 0 radical (unpaired) electrons. The van der Waals surface area contributed by atoms with E-state index in [1.54, 1.807) is 0 Å². The monoisotopic (exact) mass is 248 g/mol. The predicted octanol–water partition coefficient (Wildman–Crippen LogP) is 1.52. The van der Waals surface area contributed by atoms with Gasteiger partial charge in [0.25, 0.3) is 0 Å². The lowest BCUT2D eigenvalue weighted by atomic mass is 9.84. The van der Waals surface area contributed by atoms with Gasteiger partial charge in [0.1, 0.15) is 0 Å². The highest BCUT2D eigenvalue weighted by atomic mass is 16.7. The maximum atomic E-state index is 6.03. The van der Waals surface area contributed by atoms with Crippen LogP contribution in [0, 0.1) is 0 Å². The Hall–Kier alpha value is -0.805. The molecule has 0 saturated carbocycles. The number of hydrogen-bond donors (Lipinski definition) is 0. The molecular formula is C13H21BN2O2. The maximum absolute atomic E-state index is 6.03. The number of aromatic nitrogens is 2. The second kappa shape index (κ2) is 3.84. The molecule has 2 aliphatic rings. The van der Waals surface area contributed by atoms with E-state index in [1.807, 2.05) is 0 Å². The van der Waals surface area contributed by atoms with Gasteiger partial charge in [0.15, 0.2) is 0 Å². The van der Waals surface area contributed by atoms with Gasteiger partial charge in [-0.3, -0.25) is 4.68 Å². The van der Waals surface area contributed by atoms with E-state index in [0.717, 1.165) is 18.6 Å². The number of rotatable bonds is 1. The van der Waals surface area contributed by atoms with Gasteiger partial charge in [-0.1, -0.05) is 0 Å². The first-order valence-electron chi connectivity index (χ1n) is 6.81. The van der Waals surface area contributed by atoms with E-state index >= 15 is 0 Å². The summed E-state index contributed by atoms with van der Waals surface area (Å²) in [5, 5.41) is 4.63. The van der Waals surface area contributed by atoms with Gasteiger partial charge in [-0.15, -0.1) is 0 Å². The molecule has 1 fully saturated rings. The van der Waals surface area contributed by atoms with E-state index in [0.29, 0.717) is 0 Å². The van der Waals surface area contributed by atoms with Crippen LogP contribution in [0.25, 0.3) is 0 Å². The molecule has 0 amide bonds. The van der Waals surface area contributed by atoms with E-state index in [1.165, 1.54) is 18.5 Å². The van der Waals surface area contributed by atoms with Gasteiger partial charge in [0.2, 0.25) is 0 Å². The van der Waals surface area contributed by atoms with Crippen molar-refractivity contribution in [2.45, 2.75) is 64.7 Å². The van der Waals surface area contributed by atoms with E-state index < -0.39 is 0 Å². The molecule has 0 aromatic carbocycles. The number of nitrogens with zero attached hydrogens (tertiary/aromatic N) is 2. The molecule has 1 aromatic heterocycles. The standard InChI is InChI=1S/C13H21BN2O2/c1-12(2)13(3,4)18-14(17-12)11-9-10-7-5-6-8-16(10)15-11/h9H,5-8H2,1-4H3. The minimum Gasteiger partial charge on any atom is -0.398 e. The predicted molar refractivity (Wildman–Crippen MR) is 70.9 cm³/mol. The van der Waals surface area contributed by atoms with Crippen molar-refractivity contribution in [2.75, 3.05) is 0 Å². The maximum Gasteiger partial charge on any atom is 0.516 e. The van der Waals surface area contributed by atoms with Crippen LogP contribution in [0.15, 0.2) is 6.07 Å². The topological polar surface area (TPSA) is 36.3 Å². The highest BCUT2D eigenvalue weighted by molar-refractivity contribution is 6.61. The summed E-state index contributed by atoms with van der Waals surface area (Å²) < 4.78 is 14.2. The van der Waals surface area contributed by atoms with Crippen LogP contribution in [-0.4, -0.2) is 28.1 Å². The van der Waals surface area contributed by atoms with Crippen LogP contribution in [-0.2, 0) is 22.3 Å². The molecule has 1 saturated heterocycles. The van der Waals surface area contributed by atoms with E-state index in [2.05, 4.69) is 43.5 Å². The normalized spacial score (nSPS) is 25.2. The second-order valence-electron chi connectivity index (χ2n) is 6.33. The van der Waals surface area contributed by atoms with Crippen molar-refractivity contribution in [1.29, 1.82) is 0 Å². The third-order valence-corrected chi connectivity index (χ3v) is 4.43. The third kappa shape index (κ3) is 1.80. The quantitative estimate of drug-likeness (QED) is 0.707. The summed E-state index contributed by atoms with van der Waals surface area (Å²) >= 11 is 0. The Morgan fingerprint density at radius 3 is 2.44 bits per heavy atom. The minimum atomic E-state index is -0.326. The fourth-order valence-electron chi connectivity index (χ4n) is 2.52. The van der Waals surface area contributed by atoms with E-state index in [4.69, 9.17) is 9.31 Å². The Morgan fingerprint density at radius 2 is 1.83 bits per heavy atom. The molecule has 0 aliphatic carbocycles.